The fraction of sp³-hybridized carbons (Fsp3) is 0.300. The highest BCUT2D eigenvalue weighted by molar-refractivity contribution is 5.99. The highest BCUT2D eigenvalue weighted by Gasteiger charge is 2.31. The summed E-state index contributed by atoms with van der Waals surface area (Å²) in [7, 11) is 0. The topological polar surface area (TPSA) is 49.4 Å². The van der Waals surface area contributed by atoms with Crippen LogP contribution in [0.15, 0.2) is 60.7 Å². The van der Waals surface area contributed by atoms with Crippen LogP contribution < -0.4 is 5.32 Å². The number of rotatable bonds is 3. The second-order valence-electron chi connectivity index (χ2n) is 6.04. The van der Waals surface area contributed by atoms with Crippen LogP contribution in [0.1, 0.15) is 36.3 Å². The van der Waals surface area contributed by atoms with E-state index in [0.717, 1.165) is 30.4 Å². The summed E-state index contributed by atoms with van der Waals surface area (Å²) < 4.78 is 0. The maximum Gasteiger partial charge on any atom is 0.324 e. The van der Waals surface area contributed by atoms with E-state index in [1.165, 1.54) is 4.90 Å². The molecule has 4 heteroatoms. The number of carbonyl (C=O) groups excluding carboxylic acids is 2. The molecule has 0 spiro atoms. The van der Waals surface area contributed by atoms with Crippen LogP contribution in [0.3, 0.4) is 0 Å². The summed E-state index contributed by atoms with van der Waals surface area (Å²) in [4.78, 5) is 27.0. The first-order chi connectivity index (χ1) is 11.8. The first kappa shape index (κ1) is 16.2. The quantitative estimate of drug-likeness (QED) is 0.939. The maximum atomic E-state index is 13.2. The fourth-order valence-corrected chi connectivity index (χ4v) is 3.10. The maximum absolute atomic E-state index is 13.2. The molecule has 124 valence electrons. The van der Waals surface area contributed by atoms with E-state index >= 15 is 0 Å². The standard InChI is InChI=1S/C20H22N2O2/c23-19(22-15-9-3-8-14-21-20(22)24)18(16-10-4-1-5-11-16)17-12-6-2-7-13-17/h1-2,4-7,10-13,18H,3,8-9,14-15H2,(H,21,24). The molecule has 0 aliphatic carbocycles. The van der Waals surface area contributed by atoms with Gasteiger partial charge < -0.3 is 5.32 Å². The summed E-state index contributed by atoms with van der Waals surface area (Å²) in [5, 5.41) is 2.84. The zero-order valence-corrected chi connectivity index (χ0v) is 13.7. The second kappa shape index (κ2) is 7.77. The molecule has 1 saturated heterocycles. The van der Waals surface area contributed by atoms with Crippen molar-refractivity contribution in [2.45, 2.75) is 25.2 Å². The lowest BCUT2D eigenvalue weighted by Crippen LogP contribution is -2.47. The van der Waals surface area contributed by atoms with Crippen molar-refractivity contribution in [2.75, 3.05) is 13.1 Å². The average Bonchev–Trinajstić information content (AvgIpc) is 2.60. The van der Waals surface area contributed by atoms with Gasteiger partial charge in [0, 0.05) is 13.1 Å². The van der Waals surface area contributed by atoms with E-state index in [1.807, 2.05) is 60.7 Å². The molecule has 1 aliphatic rings. The van der Waals surface area contributed by atoms with Gasteiger partial charge >= 0.3 is 6.03 Å². The molecule has 1 N–H and O–H groups in total. The predicted octanol–water partition coefficient (Wildman–Crippen LogP) is 3.54. The number of hydrogen-bond donors (Lipinski definition) is 1. The Morgan fingerprint density at radius 3 is 2.04 bits per heavy atom. The van der Waals surface area contributed by atoms with Gasteiger partial charge in [-0.1, -0.05) is 60.7 Å². The van der Waals surface area contributed by atoms with E-state index in [-0.39, 0.29) is 11.9 Å². The van der Waals surface area contributed by atoms with Crippen LogP contribution in [0.25, 0.3) is 0 Å². The van der Waals surface area contributed by atoms with Crippen LogP contribution in [-0.2, 0) is 4.79 Å². The Hall–Kier alpha value is -2.62. The largest absolute Gasteiger partial charge is 0.338 e. The smallest absolute Gasteiger partial charge is 0.324 e. The molecule has 24 heavy (non-hydrogen) atoms. The minimum absolute atomic E-state index is 0.160. The van der Waals surface area contributed by atoms with Crippen molar-refractivity contribution in [1.82, 2.24) is 10.2 Å². The average molecular weight is 322 g/mol. The van der Waals surface area contributed by atoms with Gasteiger partial charge in [0.05, 0.1) is 5.92 Å². The normalized spacial score (nSPS) is 15.5. The number of urea groups is 1. The fourth-order valence-electron chi connectivity index (χ4n) is 3.10. The van der Waals surface area contributed by atoms with Gasteiger partial charge in [-0.05, 0) is 30.4 Å². The number of nitrogens with one attached hydrogen (secondary N) is 1. The third-order valence-electron chi connectivity index (χ3n) is 4.36. The van der Waals surface area contributed by atoms with E-state index in [4.69, 9.17) is 0 Å². The second-order valence-corrected chi connectivity index (χ2v) is 6.04. The summed E-state index contributed by atoms with van der Waals surface area (Å²) in [5.74, 6) is -0.621. The number of amides is 3. The predicted molar refractivity (Wildman–Crippen MR) is 93.7 cm³/mol. The van der Waals surface area contributed by atoms with Crippen LogP contribution in [-0.4, -0.2) is 29.9 Å². The minimum Gasteiger partial charge on any atom is -0.338 e. The molecule has 3 rings (SSSR count). The molecule has 3 amide bonds. The van der Waals surface area contributed by atoms with E-state index < -0.39 is 5.92 Å². The molecular weight excluding hydrogens is 300 g/mol. The molecule has 0 unspecified atom stereocenters. The molecule has 0 saturated carbocycles. The summed E-state index contributed by atoms with van der Waals surface area (Å²) in [5.41, 5.74) is 1.81. The SMILES string of the molecule is O=C1NCCCCCN1C(=O)C(c1ccccc1)c1ccccc1. The van der Waals surface area contributed by atoms with Gasteiger partial charge in [-0.2, -0.15) is 0 Å². The lowest BCUT2D eigenvalue weighted by atomic mass is 9.90. The zero-order chi connectivity index (χ0) is 16.8. The molecule has 2 aromatic rings. The van der Waals surface area contributed by atoms with Gasteiger partial charge in [-0.15, -0.1) is 0 Å². The lowest BCUT2D eigenvalue weighted by Gasteiger charge is -2.28. The van der Waals surface area contributed by atoms with Gasteiger partial charge in [0.25, 0.3) is 0 Å². The van der Waals surface area contributed by atoms with Crippen molar-refractivity contribution < 1.29 is 9.59 Å². The third kappa shape index (κ3) is 3.65. The summed E-state index contributed by atoms with van der Waals surface area (Å²) in [6.45, 7) is 1.10. The van der Waals surface area contributed by atoms with Gasteiger partial charge in [0.1, 0.15) is 0 Å². The first-order valence-electron chi connectivity index (χ1n) is 8.46. The molecule has 1 aliphatic heterocycles. The number of nitrogens with zero attached hydrogens (tertiary/aromatic N) is 1. The third-order valence-corrected chi connectivity index (χ3v) is 4.36. The molecule has 2 aromatic carbocycles. The van der Waals surface area contributed by atoms with Crippen molar-refractivity contribution in [3.05, 3.63) is 71.8 Å². The Bertz CT molecular complexity index is 646. The molecule has 0 radical (unpaired) electrons. The first-order valence-corrected chi connectivity index (χ1v) is 8.46. The molecular formula is C20H22N2O2. The molecule has 4 nitrogen and oxygen atoms in total. The van der Waals surface area contributed by atoms with Crippen LogP contribution in [0.4, 0.5) is 4.79 Å². The van der Waals surface area contributed by atoms with Gasteiger partial charge in [-0.3, -0.25) is 9.69 Å². The Morgan fingerprint density at radius 2 is 1.46 bits per heavy atom. The molecule has 0 bridgehead atoms. The van der Waals surface area contributed by atoms with Crippen LogP contribution in [0, 0.1) is 0 Å². The number of carbonyl (C=O) groups is 2. The summed E-state index contributed by atoms with van der Waals surface area (Å²) in [6.07, 6.45) is 2.84. The Morgan fingerprint density at radius 1 is 0.875 bits per heavy atom. The Labute approximate surface area is 142 Å². The lowest BCUT2D eigenvalue weighted by molar-refractivity contribution is -0.129. The zero-order valence-electron chi connectivity index (χ0n) is 13.7. The molecule has 1 heterocycles. The van der Waals surface area contributed by atoms with Gasteiger partial charge in [0.15, 0.2) is 0 Å². The van der Waals surface area contributed by atoms with Crippen LogP contribution in [0.2, 0.25) is 0 Å². The van der Waals surface area contributed by atoms with Gasteiger partial charge in [0.2, 0.25) is 5.91 Å². The minimum atomic E-state index is -0.461. The molecule has 0 aromatic heterocycles. The molecule has 0 atom stereocenters. The Kier molecular flexibility index (Phi) is 5.26. The van der Waals surface area contributed by atoms with Crippen molar-refractivity contribution in [3.63, 3.8) is 0 Å². The highest BCUT2D eigenvalue weighted by Crippen LogP contribution is 2.27. The van der Waals surface area contributed by atoms with Crippen molar-refractivity contribution in [1.29, 1.82) is 0 Å². The van der Waals surface area contributed by atoms with E-state index in [2.05, 4.69) is 5.32 Å². The highest BCUT2D eigenvalue weighted by atomic mass is 16.2. The van der Waals surface area contributed by atoms with Crippen LogP contribution >= 0.6 is 0 Å². The number of hydrogen-bond acceptors (Lipinski definition) is 2. The summed E-state index contributed by atoms with van der Waals surface area (Å²) >= 11 is 0. The van der Waals surface area contributed by atoms with E-state index in [1.54, 1.807) is 0 Å². The van der Waals surface area contributed by atoms with Crippen molar-refractivity contribution in [2.24, 2.45) is 0 Å². The van der Waals surface area contributed by atoms with E-state index in [0.29, 0.717) is 13.1 Å². The Balaban J connectivity index is 1.95. The van der Waals surface area contributed by atoms with Crippen molar-refractivity contribution >= 4 is 11.9 Å². The number of imide groups is 1. The van der Waals surface area contributed by atoms with Crippen molar-refractivity contribution in [3.8, 4) is 0 Å². The number of benzene rings is 2. The molecule has 1 fully saturated rings. The summed E-state index contributed by atoms with van der Waals surface area (Å²) in [6, 6.07) is 19.0. The van der Waals surface area contributed by atoms with Crippen LogP contribution in [0.5, 0.6) is 0 Å². The van der Waals surface area contributed by atoms with Gasteiger partial charge in [-0.25, -0.2) is 4.79 Å². The van der Waals surface area contributed by atoms with E-state index in [9.17, 15) is 9.59 Å². The monoisotopic (exact) mass is 322 g/mol.